The number of nitrogens with zero attached hydrogens (tertiary/aromatic N) is 2. The smallest absolute Gasteiger partial charge is 0.341 e. The van der Waals surface area contributed by atoms with Crippen LogP contribution in [0.2, 0.25) is 0 Å². The van der Waals surface area contributed by atoms with Crippen LogP contribution in [0, 0.1) is 17.0 Å². The van der Waals surface area contributed by atoms with Crippen LogP contribution >= 0.6 is 11.3 Å². The summed E-state index contributed by atoms with van der Waals surface area (Å²) in [5.74, 6) is 0.0670. The summed E-state index contributed by atoms with van der Waals surface area (Å²) in [6.45, 7) is 3.96. The van der Waals surface area contributed by atoms with E-state index in [9.17, 15) is 14.9 Å². The van der Waals surface area contributed by atoms with Crippen molar-refractivity contribution in [1.29, 1.82) is 0 Å². The molecule has 0 aliphatic rings. The third-order valence-electron chi connectivity index (χ3n) is 4.70. The van der Waals surface area contributed by atoms with Crippen LogP contribution in [0.25, 0.3) is 26.2 Å². The van der Waals surface area contributed by atoms with Gasteiger partial charge in [-0.25, -0.2) is 4.79 Å². The summed E-state index contributed by atoms with van der Waals surface area (Å²) in [6, 6.07) is 10.4. The molecule has 4 aromatic rings. The molecule has 0 radical (unpaired) electrons. The average molecular weight is 410 g/mol. The molecular weight excluding hydrogens is 392 g/mol. The Kier molecular flexibility index (Phi) is 4.71. The van der Waals surface area contributed by atoms with Gasteiger partial charge in [-0.15, -0.1) is 11.3 Å². The van der Waals surface area contributed by atoms with Gasteiger partial charge in [-0.2, -0.15) is 0 Å². The molecule has 29 heavy (non-hydrogen) atoms. The fraction of sp³-hybridized carbons (Fsp3) is 0.190. The highest BCUT2D eigenvalue weighted by Gasteiger charge is 2.29. The lowest BCUT2D eigenvalue weighted by atomic mass is 10.1. The van der Waals surface area contributed by atoms with Gasteiger partial charge >= 0.3 is 5.97 Å². The van der Waals surface area contributed by atoms with E-state index in [1.165, 1.54) is 24.5 Å². The van der Waals surface area contributed by atoms with E-state index >= 15 is 0 Å². The molecule has 148 valence electrons. The predicted molar refractivity (Wildman–Crippen MR) is 112 cm³/mol. The molecule has 0 bridgehead atoms. The number of nitro benzene ring substituents is 1. The van der Waals surface area contributed by atoms with Crippen molar-refractivity contribution in [2.24, 2.45) is 0 Å². The fourth-order valence-electron chi connectivity index (χ4n) is 3.50. The maximum absolute atomic E-state index is 12.8. The van der Waals surface area contributed by atoms with Crippen LogP contribution < -0.4 is 4.74 Å². The molecular formula is C21H18N2O5S. The number of thiophene rings is 1. The maximum Gasteiger partial charge on any atom is 0.341 e. The van der Waals surface area contributed by atoms with Crippen molar-refractivity contribution in [3.63, 3.8) is 0 Å². The number of rotatable bonds is 5. The minimum Gasteiger partial charge on any atom is -0.493 e. The first kappa shape index (κ1) is 18.9. The largest absolute Gasteiger partial charge is 0.493 e. The van der Waals surface area contributed by atoms with Gasteiger partial charge in [0.05, 0.1) is 39.3 Å². The monoisotopic (exact) mass is 410 g/mol. The van der Waals surface area contributed by atoms with Crippen LogP contribution in [0.5, 0.6) is 5.75 Å². The Morgan fingerprint density at radius 3 is 2.72 bits per heavy atom. The lowest BCUT2D eigenvalue weighted by Crippen LogP contribution is -2.04. The molecule has 3 aromatic heterocycles. The van der Waals surface area contributed by atoms with Crippen molar-refractivity contribution >= 4 is 38.7 Å². The highest BCUT2D eigenvalue weighted by Crippen LogP contribution is 2.49. The number of pyridine rings is 1. The number of nitro groups is 1. The Labute approximate surface area is 170 Å². The number of ether oxygens (including phenoxy) is 2. The van der Waals surface area contributed by atoms with Crippen LogP contribution in [0.1, 0.15) is 22.8 Å². The number of methoxy groups -OCH3 is 1. The van der Waals surface area contributed by atoms with Gasteiger partial charge in [-0.1, -0.05) is 12.1 Å². The summed E-state index contributed by atoms with van der Waals surface area (Å²) < 4.78 is 13.5. The second kappa shape index (κ2) is 7.21. The van der Waals surface area contributed by atoms with E-state index in [1.54, 1.807) is 25.1 Å². The topological polar surface area (TPSA) is 83.1 Å². The minimum absolute atomic E-state index is 0.0162. The zero-order valence-corrected chi connectivity index (χ0v) is 16.9. The van der Waals surface area contributed by atoms with Gasteiger partial charge < -0.3 is 13.9 Å². The third-order valence-corrected chi connectivity index (χ3v) is 5.92. The minimum atomic E-state index is -0.427. The summed E-state index contributed by atoms with van der Waals surface area (Å²) >= 11 is 1.29. The number of fused-ring (bicyclic) bond motifs is 3. The molecule has 0 saturated carbocycles. The molecule has 0 atom stereocenters. The second-order valence-corrected chi connectivity index (χ2v) is 7.49. The number of carbonyl (C=O) groups is 1. The summed E-state index contributed by atoms with van der Waals surface area (Å²) in [4.78, 5) is 24.5. The van der Waals surface area contributed by atoms with Crippen LogP contribution in [-0.2, 0) is 4.74 Å². The predicted octanol–water partition coefficient (Wildman–Crippen LogP) is 5.22. The van der Waals surface area contributed by atoms with E-state index < -0.39 is 10.9 Å². The Balaban J connectivity index is 2.12. The molecule has 0 aliphatic heterocycles. The van der Waals surface area contributed by atoms with Gasteiger partial charge in [0, 0.05) is 12.3 Å². The van der Waals surface area contributed by atoms with E-state index in [4.69, 9.17) is 9.47 Å². The summed E-state index contributed by atoms with van der Waals surface area (Å²) in [5.41, 5.74) is 3.30. The van der Waals surface area contributed by atoms with Gasteiger partial charge in [-0.3, -0.25) is 10.1 Å². The first-order valence-electron chi connectivity index (χ1n) is 9.00. The van der Waals surface area contributed by atoms with Crippen LogP contribution in [0.4, 0.5) is 5.69 Å². The maximum atomic E-state index is 12.8. The molecule has 0 N–H and O–H groups in total. The first-order valence-corrected chi connectivity index (χ1v) is 9.81. The molecule has 8 heteroatoms. The molecule has 4 rings (SSSR count). The number of aromatic nitrogens is 1. The molecule has 7 nitrogen and oxygen atoms in total. The number of aryl methyl sites for hydroxylation is 1. The Hall–Kier alpha value is -3.39. The van der Waals surface area contributed by atoms with Crippen molar-refractivity contribution in [3.8, 4) is 16.2 Å². The van der Waals surface area contributed by atoms with Gasteiger partial charge in [-0.05, 0) is 37.6 Å². The van der Waals surface area contributed by atoms with Gasteiger partial charge in [0.25, 0.3) is 5.69 Å². The number of para-hydroxylation sites is 1. The zero-order chi connectivity index (χ0) is 20.7. The molecule has 0 saturated heterocycles. The normalized spacial score (nSPS) is 11.1. The van der Waals surface area contributed by atoms with Crippen LogP contribution in [0.3, 0.4) is 0 Å². The Bertz CT molecular complexity index is 1270. The highest BCUT2D eigenvalue weighted by atomic mass is 32.1. The molecule has 1 aromatic carbocycles. The number of hydrogen-bond donors (Lipinski definition) is 0. The van der Waals surface area contributed by atoms with E-state index in [1.807, 2.05) is 29.7 Å². The van der Waals surface area contributed by atoms with E-state index in [2.05, 4.69) is 0 Å². The number of benzene rings is 1. The summed E-state index contributed by atoms with van der Waals surface area (Å²) in [5, 5.41) is 11.5. The SMILES string of the molecule is CCOC(=O)c1c2sc(-c3ccccc3[N+](=O)[O-])c(OC)c2n2ccc(C)cc12. The van der Waals surface area contributed by atoms with Crippen LogP contribution in [0.15, 0.2) is 42.6 Å². The average Bonchev–Trinajstić information content (AvgIpc) is 3.21. The van der Waals surface area contributed by atoms with Gasteiger partial charge in [0.15, 0.2) is 5.75 Å². The molecule has 3 heterocycles. The fourth-order valence-corrected chi connectivity index (χ4v) is 4.83. The molecule has 0 amide bonds. The van der Waals surface area contributed by atoms with Crippen molar-refractivity contribution in [1.82, 2.24) is 4.40 Å². The molecule has 0 spiro atoms. The second-order valence-electron chi connectivity index (χ2n) is 6.47. The molecule has 0 unspecified atom stereocenters. The van der Waals surface area contributed by atoms with Crippen molar-refractivity contribution < 1.29 is 19.2 Å². The van der Waals surface area contributed by atoms with E-state index in [0.717, 1.165) is 11.1 Å². The number of esters is 1. The molecule has 0 fully saturated rings. The number of hydrogen-bond acceptors (Lipinski definition) is 6. The molecule has 0 aliphatic carbocycles. The Morgan fingerprint density at radius 1 is 1.28 bits per heavy atom. The zero-order valence-electron chi connectivity index (χ0n) is 16.1. The third kappa shape index (κ3) is 2.92. The Morgan fingerprint density at radius 2 is 2.03 bits per heavy atom. The van der Waals surface area contributed by atoms with E-state index in [-0.39, 0.29) is 12.3 Å². The van der Waals surface area contributed by atoms with Gasteiger partial charge in [0.1, 0.15) is 11.1 Å². The summed E-state index contributed by atoms with van der Waals surface area (Å²) in [7, 11) is 1.53. The quantitative estimate of drug-likeness (QED) is 0.256. The lowest BCUT2D eigenvalue weighted by molar-refractivity contribution is -0.384. The van der Waals surface area contributed by atoms with E-state index in [0.29, 0.717) is 32.0 Å². The summed E-state index contributed by atoms with van der Waals surface area (Å²) in [6.07, 6.45) is 1.87. The standard InChI is InChI=1S/C21H18N2O5S/c1-4-28-21(24)16-15-11-12(2)9-10-22(15)17-18(27-3)19(29-20(16)17)13-7-5-6-8-14(13)23(25)26/h5-11H,4H2,1-3H3. The van der Waals surface area contributed by atoms with Crippen LogP contribution in [-0.4, -0.2) is 29.0 Å². The van der Waals surface area contributed by atoms with Crippen molar-refractivity contribution in [2.45, 2.75) is 13.8 Å². The van der Waals surface area contributed by atoms with Crippen molar-refractivity contribution in [2.75, 3.05) is 13.7 Å². The van der Waals surface area contributed by atoms with Crippen molar-refractivity contribution in [3.05, 3.63) is 63.8 Å². The first-order chi connectivity index (χ1) is 14.0. The lowest BCUT2D eigenvalue weighted by Gasteiger charge is -2.06. The van der Waals surface area contributed by atoms with Gasteiger partial charge in [0.2, 0.25) is 0 Å². The highest BCUT2D eigenvalue weighted by molar-refractivity contribution is 7.23. The number of carbonyl (C=O) groups excluding carboxylic acids is 1.